The maximum Gasteiger partial charge on any atom is 0.313 e. The molecule has 0 spiro atoms. The van der Waals surface area contributed by atoms with Gasteiger partial charge in [0.15, 0.2) is 0 Å². The molecular weight excluding hydrogens is 442 g/mol. The first-order chi connectivity index (χ1) is 15.8. The molecule has 0 aromatic heterocycles. The molecule has 2 aromatic rings. The number of amides is 2. The second-order valence-corrected chi connectivity index (χ2v) is 10.0. The first kappa shape index (κ1) is 24.7. The highest BCUT2D eigenvalue weighted by molar-refractivity contribution is 7.92. The molecule has 33 heavy (non-hydrogen) atoms. The van der Waals surface area contributed by atoms with Gasteiger partial charge in [-0.3, -0.25) is 13.9 Å². The van der Waals surface area contributed by atoms with E-state index in [-0.39, 0.29) is 10.6 Å². The molecule has 1 aliphatic heterocycles. The van der Waals surface area contributed by atoms with E-state index < -0.39 is 21.8 Å². The number of hydrogen-bond acceptors (Lipinski definition) is 6. The molecule has 2 amide bonds. The lowest BCUT2D eigenvalue weighted by molar-refractivity contribution is -0.136. The van der Waals surface area contributed by atoms with Gasteiger partial charge >= 0.3 is 11.8 Å². The van der Waals surface area contributed by atoms with Gasteiger partial charge in [-0.05, 0) is 50.3 Å². The molecule has 0 bridgehead atoms. The number of sulfonamides is 1. The van der Waals surface area contributed by atoms with Crippen molar-refractivity contribution in [3.63, 3.8) is 0 Å². The van der Waals surface area contributed by atoms with Crippen LogP contribution in [-0.2, 0) is 19.6 Å². The van der Waals surface area contributed by atoms with E-state index in [0.717, 1.165) is 39.1 Å². The summed E-state index contributed by atoms with van der Waals surface area (Å²) in [7, 11) is -0.265. The number of nitrogens with zero attached hydrogens (tertiary/aromatic N) is 3. The Hall–Kier alpha value is -2.95. The monoisotopic (exact) mass is 473 g/mol. The van der Waals surface area contributed by atoms with Crippen molar-refractivity contribution in [1.29, 1.82) is 0 Å². The summed E-state index contributed by atoms with van der Waals surface area (Å²) in [6, 6.07) is 14.5. The lowest BCUT2D eigenvalue weighted by atomic mass is 10.3. The molecule has 2 aromatic carbocycles. The van der Waals surface area contributed by atoms with Crippen LogP contribution >= 0.6 is 0 Å². The Morgan fingerprint density at radius 1 is 0.970 bits per heavy atom. The zero-order valence-corrected chi connectivity index (χ0v) is 19.8. The third-order valence-corrected chi connectivity index (χ3v) is 7.39. The zero-order chi connectivity index (χ0) is 23.8. The normalized spacial score (nSPS) is 15.1. The van der Waals surface area contributed by atoms with Crippen molar-refractivity contribution < 1.29 is 18.0 Å². The summed E-state index contributed by atoms with van der Waals surface area (Å²) >= 11 is 0. The van der Waals surface area contributed by atoms with Crippen molar-refractivity contribution in [2.45, 2.75) is 11.3 Å². The number of rotatable bonds is 8. The fourth-order valence-corrected chi connectivity index (χ4v) is 4.76. The Balaban J connectivity index is 1.51. The van der Waals surface area contributed by atoms with Crippen molar-refractivity contribution >= 4 is 33.2 Å². The Morgan fingerprint density at radius 3 is 2.36 bits per heavy atom. The van der Waals surface area contributed by atoms with Gasteiger partial charge in [-0.1, -0.05) is 24.3 Å². The first-order valence-electron chi connectivity index (χ1n) is 10.9. The van der Waals surface area contributed by atoms with Gasteiger partial charge in [0.1, 0.15) is 0 Å². The SMILES string of the molecule is CN1CCN(CCCNC(=O)C(=O)Nc2cccc(S(=O)(=O)N(C)c3ccccc3)c2)CC1. The van der Waals surface area contributed by atoms with Crippen LogP contribution in [0.3, 0.4) is 0 Å². The van der Waals surface area contributed by atoms with Crippen LogP contribution in [0.15, 0.2) is 59.5 Å². The molecule has 1 saturated heterocycles. The predicted octanol–water partition coefficient (Wildman–Crippen LogP) is 1.20. The molecule has 3 rings (SSSR count). The molecule has 1 heterocycles. The van der Waals surface area contributed by atoms with Crippen LogP contribution in [0, 0.1) is 0 Å². The third kappa shape index (κ3) is 6.77. The van der Waals surface area contributed by atoms with Crippen LogP contribution in [0.25, 0.3) is 0 Å². The summed E-state index contributed by atoms with van der Waals surface area (Å²) in [5.41, 5.74) is 0.748. The highest BCUT2D eigenvalue weighted by Crippen LogP contribution is 2.23. The van der Waals surface area contributed by atoms with Gasteiger partial charge in [0.05, 0.1) is 10.6 Å². The van der Waals surface area contributed by atoms with E-state index in [2.05, 4.69) is 27.5 Å². The molecule has 0 aliphatic carbocycles. The van der Waals surface area contributed by atoms with Gasteiger partial charge in [-0.25, -0.2) is 8.42 Å². The van der Waals surface area contributed by atoms with E-state index in [9.17, 15) is 18.0 Å². The van der Waals surface area contributed by atoms with Crippen LogP contribution in [-0.4, -0.2) is 83.4 Å². The predicted molar refractivity (Wildman–Crippen MR) is 129 cm³/mol. The smallest absolute Gasteiger partial charge is 0.313 e. The number of likely N-dealkylation sites (N-methyl/N-ethyl adjacent to an activating group) is 1. The summed E-state index contributed by atoms with van der Waals surface area (Å²) in [5, 5.41) is 5.10. The molecule has 0 unspecified atom stereocenters. The van der Waals surface area contributed by atoms with E-state index in [0.29, 0.717) is 12.2 Å². The van der Waals surface area contributed by atoms with Crippen LogP contribution in [0.1, 0.15) is 6.42 Å². The number of hydrogen-bond donors (Lipinski definition) is 2. The number of anilines is 2. The van der Waals surface area contributed by atoms with Crippen molar-refractivity contribution in [3.8, 4) is 0 Å². The van der Waals surface area contributed by atoms with E-state index >= 15 is 0 Å². The minimum Gasteiger partial charge on any atom is -0.348 e. The van der Waals surface area contributed by atoms with Crippen LogP contribution < -0.4 is 14.9 Å². The summed E-state index contributed by atoms with van der Waals surface area (Å²) in [6.07, 6.45) is 0.752. The minimum atomic E-state index is -3.83. The summed E-state index contributed by atoms with van der Waals surface area (Å²) in [4.78, 5) is 29.0. The van der Waals surface area contributed by atoms with E-state index in [4.69, 9.17) is 0 Å². The van der Waals surface area contributed by atoms with Crippen molar-refractivity contribution in [2.24, 2.45) is 0 Å². The van der Waals surface area contributed by atoms with E-state index in [1.54, 1.807) is 36.4 Å². The molecule has 9 nitrogen and oxygen atoms in total. The fraction of sp³-hybridized carbons (Fsp3) is 0.391. The van der Waals surface area contributed by atoms with E-state index in [1.807, 2.05) is 0 Å². The lowest BCUT2D eigenvalue weighted by Gasteiger charge is -2.32. The second-order valence-electron chi connectivity index (χ2n) is 8.04. The average molecular weight is 474 g/mol. The van der Waals surface area contributed by atoms with E-state index in [1.165, 1.54) is 29.6 Å². The van der Waals surface area contributed by atoms with Gasteiger partial charge in [0, 0.05) is 45.5 Å². The van der Waals surface area contributed by atoms with Crippen LogP contribution in [0.2, 0.25) is 0 Å². The Labute approximate surface area is 195 Å². The number of nitrogens with one attached hydrogen (secondary N) is 2. The molecule has 10 heteroatoms. The number of piperazine rings is 1. The Kier molecular flexibility index (Phi) is 8.43. The van der Waals surface area contributed by atoms with Gasteiger partial charge < -0.3 is 20.4 Å². The lowest BCUT2D eigenvalue weighted by Crippen LogP contribution is -2.45. The average Bonchev–Trinajstić information content (AvgIpc) is 2.83. The van der Waals surface area contributed by atoms with Crippen molar-refractivity contribution in [3.05, 3.63) is 54.6 Å². The van der Waals surface area contributed by atoms with Crippen LogP contribution in [0.4, 0.5) is 11.4 Å². The van der Waals surface area contributed by atoms with Gasteiger partial charge in [-0.2, -0.15) is 0 Å². The van der Waals surface area contributed by atoms with Crippen molar-refractivity contribution in [1.82, 2.24) is 15.1 Å². The molecule has 1 aliphatic rings. The third-order valence-electron chi connectivity index (χ3n) is 5.61. The minimum absolute atomic E-state index is 0.0132. The quantitative estimate of drug-likeness (QED) is 0.441. The molecule has 2 N–H and O–H groups in total. The van der Waals surface area contributed by atoms with Gasteiger partial charge in [0.2, 0.25) is 0 Å². The maximum absolute atomic E-state index is 13.0. The van der Waals surface area contributed by atoms with Gasteiger partial charge in [-0.15, -0.1) is 0 Å². The summed E-state index contributed by atoms with van der Waals surface area (Å²) in [6.45, 7) is 5.34. The number of carbonyl (C=O) groups is 2. The molecule has 0 saturated carbocycles. The largest absolute Gasteiger partial charge is 0.348 e. The standard InChI is InChI=1S/C23H31N5O4S/c1-26-14-16-28(17-15-26)13-7-12-24-22(29)23(30)25-19-8-6-11-21(18-19)33(31,32)27(2)20-9-4-3-5-10-20/h3-6,8-11,18H,7,12-17H2,1-2H3,(H,24,29)(H,25,30). The Bertz CT molecular complexity index is 1050. The van der Waals surface area contributed by atoms with Gasteiger partial charge in [0.25, 0.3) is 10.0 Å². The maximum atomic E-state index is 13.0. The van der Waals surface area contributed by atoms with Crippen molar-refractivity contribution in [2.75, 3.05) is 63.0 Å². The molecule has 1 fully saturated rings. The first-order valence-corrected chi connectivity index (χ1v) is 12.4. The molecule has 0 radical (unpaired) electrons. The molecule has 0 atom stereocenters. The summed E-state index contributed by atoms with van der Waals surface area (Å²) in [5.74, 6) is -1.58. The molecular formula is C23H31N5O4S. The topological polar surface area (TPSA) is 102 Å². The fourth-order valence-electron chi connectivity index (χ4n) is 3.51. The van der Waals surface area contributed by atoms with Crippen LogP contribution in [0.5, 0.6) is 0 Å². The number of benzene rings is 2. The summed E-state index contributed by atoms with van der Waals surface area (Å²) < 4.78 is 27.1. The number of carbonyl (C=O) groups excluding carboxylic acids is 2. The zero-order valence-electron chi connectivity index (χ0n) is 19.0. The second kappa shape index (κ2) is 11.3. The number of para-hydroxylation sites is 1. The Morgan fingerprint density at radius 2 is 1.67 bits per heavy atom. The highest BCUT2D eigenvalue weighted by atomic mass is 32.2. The highest BCUT2D eigenvalue weighted by Gasteiger charge is 2.22. The molecule has 178 valence electrons.